The van der Waals surface area contributed by atoms with Gasteiger partial charge < -0.3 is 19.5 Å². The molecule has 1 amide bonds. The lowest BCUT2D eigenvalue weighted by molar-refractivity contribution is 0.0184. The van der Waals surface area contributed by atoms with Gasteiger partial charge in [-0.05, 0) is 71.2 Å². The number of rotatable bonds is 7. The highest BCUT2D eigenvalue weighted by Gasteiger charge is 2.30. The largest absolute Gasteiger partial charge is 0.469 e. The predicted molar refractivity (Wildman–Crippen MR) is 156 cm³/mol. The first-order chi connectivity index (χ1) is 20.5. The van der Waals surface area contributed by atoms with E-state index in [-0.39, 0.29) is 18.7 Å². The first kappa shape index (κ1) is 30.0. The molecular formula is C31H36FN7O4. The molecule has 0 unspecified atom stereocenters. The Balaban J connectivity index is 1.49. The van der Waals surface area contributed by atoms with E-state index in [4.69, 9.17) is 14.6 Å². The molecule has 1 aliphatic rings. The average molecular weight is 590 g/mol. The van der Waals surface area contributed by atoms with Crippen molar-refractivity contribution in [2.45, 2.75) is 71.6 Å². The minimum absolute atomic E-state index is 0.0607. The van der Waals surface area contributed by atoms with E-state index < -0.39 is 17.5 Å². The van der Waals surface area contributed by atoms with Gasteiger partial charge in [0.2, 0.25) is 5.88 Å². The molecule has 1 saturated heterocycles. The monoisotopic (exact) mass is 589 g/mol. The number of halogens is 1. The minimum Gasteiger partial charge on any atom is -0.469 e. The summed E-state index contributed by atoms with van der Waals surface area (Å²) in [5.74, 6) is -0.0749. The molecule has 0 spiro atoms. The highest BCUT2D eigenvalue weighted by molar-refractivity contribution is 5.74. The Morgan fingerprint density at radius 1 is 1.21 bits per heavy atom. The van der Waals surface area contributed by atoms with Gasteiger partial charge in [-0.2, -0.15) is 10.4 Å². The van der Waals surface area contributed by atoms with Crippen LogP contribution in [0.15, 0.2) is 36.7 Å². The van der Waals surface area contributed by atoms with Gasteiger partial charge in [-0.1, -0.05) is 0 Å². The van der Waals surface area contributed by atoms with E-state index in [0.717, 1.165) is 28.7 Å². The molecule has 4 aromatic rings. The Morgan fingerprint density at radius 2 is 1.95 bits per heavy atom. The minimum atomic E-state index is -0.555. The fourth-order valence-corrected chi connectivity index (χ4v) is 5.47. The van der Waals surface area contributed by atoms with Crippen LogP contribution in [0, 0.1) is 24.1 Å². The highest BCUT2D eigenvalue weighted by Crippen LogP contribution is 2.36. The van der Waals surface area contributed by atoms with Crippen molar-refractivity contribution in [3.63, 3.8) is 0 Å². The van der Waals surface area contributed by atoms with Crippen molar-refractivity contribution in [3.05, 3.63) is 65.3 Å². The van der Waals surface area contributed by atoms with Crippen LogP contribution in [-0.4, -0.2) is 65.5 Å². The Morgan fingerprint density at radius 3 is 2.58 bits per heavy atom. The van der Waals surface area contributed by atoms with Crippen molar-refractivity contribution < 1.29 is 23.8 Å². The van der Waals surface area contributed by atoms with Crippen molar-refractivity contribution in [2.24, 2.45) is 0 Å². The molecule has 11 nitrogen and oxygen atoms in total. The van der Waals surface area contributed by atoms with E-state index in [1.54, 1.807) is 22.3 Å². The van der Waals surface area contributed by atoms with Gasteiger partial charge in [0.05, 0.1) is 29.8 Å². The molecule has 1 N–H and O–H groups in total. The van der Waals surface area contributed by atoms with Crippen molar-refractivity contribution in [1.29, 1.82) is 5.26 Å². The van der Waals surface area contributed by atoms with E-state index in [1.807, 2.05) is 44.5 Å². The molecule has 4 aromatic heterocycles. The van der Waals surface area contributed by atoms with Crippen LogP contribution in [0.3, 0.4) is 0 Å². The summed E-state index contributed by atoms with van der Waals surface area (Å²) in [6, 6.07) is 8.79. The summed E-state index contributed by atoms with van der Waals surface area (Å²) in [6.07, 6.45) is 3.51. The number of piperidine rings is 1. The zero-order valence-corrected chi connectivity index (χ0v) is 25.0. The number of fused-ring (bicyclic) bond motifs is 1. The Bertz CT molecular complexity index is 1660. The SMILES string of the molecule is Cc1c(-c2cc(O[C@H](C)c3ccc(F)cn3)n3c(C#N)cnc3c2)c(CCO)nn1C1CCN(C(=O)OC(C)(C)C)CC1. The number of carbonyl (C=O) groups is 1. The smallest absolute Gasteiger partial charge is 0.410 e. The van der Waals surface area contributed by atoms with Gasteiger partial charge in [-0.3, -0.25) is 14.1 Å². The van der Waals surface area contributed by atoms with Crippen LogP contribution in [0.2, 0.25) is 0 Å². The van der Waals surface area contributed by atoms with Crippen LogP contribution >= 0.6 is 0 Å². The van der Waals surface area contributed by atoms with Crippen molar-refractivity contribution in [1.82, 2.24) is 29.0 Å². The molecule has 43 heavy (non-hydrogen) atoms. The summed E-state index contributed by atoms with van der Waals surface area (Å²) in [5, 5.41) is 24.6. The molecule has 0 saturated carbocycles. The molecule has 0 aromatic carbocycles. The van der Waals surface area contributed by atoms with Gasteiger partial charge in [0, 0.05) is 43.4 Å². The van der Waals surface area contributed by atoms with Crippen LogP contribution in [0.5, 0.6) is 5.88 Å². The fraction of sp³-hybridized carbons (Fsp3) is 0.452. The van der Waals surface area contributed by atoms with Gasteiger partial charge in [-0.25, -0.2) is 14.2 Å². The van der Waals surface area contributed by atoms with Gasteiger partial charge in [0.1, 0.15) is 34.9 Å². The number of ether oxygens (including phenoxy) is 2. The number of hydrogen-bond donors (Lipinski definition) is 1. The average Bonchev–Trinajstić information content (AvgIpc) is 3.53. The maximum atomic E-state index is 13.5. The summed E-state index contributed by atoms with van der Waals surface area (Å²) < 4.78 is 28.9. The third-order valence-electron chi connectivity index (χ3n) is 7.47. The predicted octanol–water partition coefficient (Wildman–Crippen LogP) is 5.16. The van der Waals surface area contributed by atoms with E-state index >= 15 is 0 Å². The van der Waals surface area contributed by atoms with Crippen LogP contribution in [0.1, 0.15) is 75.5 Å². The number of imidazole rings is 1. The molecule has 12 heteroatoms. The number of aliphatic hydroxyl groups excluding tert-OH is 1. The number of likely N-dealkylation sites (tertiary alicyclic amines) is 1. The summed E-state index contributed by atoms with van der Waals surface area (Å²) >= 11 is 0. The highest BCUT2D eigenvalue weighted by atomic mass is 19.1. The number of aromatic nitrogens is 5. The van der Waals surface area contributed by atoms with E-state index in [9.17, 15) is 19.6 Å². The molecule has 1 aliphatic heterocycles. The zero-order chi connectivity index (χ0) is 30.9. The molecule has 0 bridgehead atoms. The molecule has 1 atom stereocenters. The van der Waals surface area contributed by atoms with Crippen LogP contribution in [0.25, 0.3) is 16.8 Å². The van der Waals surface area contributed by atoms with Gasteiger partial charge in [0.15, 0.2) is 0 Å². The first-order valence-corrected chi connectivity index (χ1v) is 14.4. The van der Waals surface area contributed by atoms with Crippen LogP contribution in [0.4, 0.5) is 9.18 Å². The Hall–Kier alpha value is -4.50. The Labute approximate surface area is 249 Å². The second-order valence-electron chi connectivity index (χ2n) is 11.7. The van der Waals surface area contributed by atoms with Crippen molar-refractivity contribution in [3.8, 4) is 23.1 Å². The number of nitrogens with zero attached hydrogens (tertiary/aromatic N) is 7. The van der Waals surface area contributed by atoms with Crippen molar-refractivity contribution >= 4 is 11.7 Å². The number of carbonyl (C=O) groups excluding carboxylic acids is 1. The lowest BCUT2D eigenvalue weighted by Crippen LogP contribution is -2.42. The number of hydrogen-bond acceptors (Lipinski definition) is 8. The van der Waals surface area contributed by atoms with E-state index in [0.29, 0.717) is 55.3 Å². The molecule has 0 aliphatic carbocycles. The molecule has 1 fully saturated rings. The topological polar surface area (TPSA) is 131 Å². The van der Waals surface area contributed by atoms with Gasteiger partial charge >= 0.3 is 6.09 Å². The number of pyridine rings is 2. The van der Waals surface area contributed by atoms with Crippen LogP contribution < -0.4 is 4.74 Å². The van der Waals surface area contributed by atoms with Crippen molar-refractivity contribution in [2.75, 3.05) is 19.7 Å². The lowest BCUT2D eigenvalue weighted by Gasteiger charge is -2.34. The van der Waals surface area contributed by atoms with Gasteiger partial charge in [-0.15, -0.1) is 0 Å². The summed E-state index contributed by atoms with van der Waals surface area (Å²) in [6.45, 7) is 10.4. The molecular weight excluding hydrogens is 553 g/mol. The number of amides is 1. The normalized spacial score (nSPS) is 15.0. The third kappa shape index (κ3) is 6.32. The number of nitriles is 1. The lowest BCUT2D eigenvalue weighted by atomic mass is 10.0. The third-order valence-corrected chi connectivity index (χ3v) is 7.47. The Kier molecular flexibility index (Phi) is 8.37. The quantitative estimate of drug-likeness (QED) is 0.313. The second kappa shape index (κ2) is 12.0. The molecule has 226 valence electrons. The fourth-order valence-electron chi connectivity index (χ4n) is 5.47. The maximum absolute atomic E-state index is 13.5. The maximum Gasteiger partial charge on any atom is 0.410 e. The first-order valence-electron chi connectivity index (χ1n) is 14.4. The molecule has 5 heterocycles. The second-order valence-corrected chi connectivity index (χ2v) is 11.7. The molecule has 0 radical (unpaired) electrons. The molecule has 5 rings (SSSR count). The number of aliphatic hydroxyl groups is 1. The van der Waals surface area contributed by atoms with Gasteiger partial charge in [0.25, 0.3) is 0 Å². The summed E-state index contributed by atoms with van der Waals surface area (Å²) in [7, 11) is 0. The van der Waals surface area contributed by atoms with E-state index in [1.165, 1.54) is 12.3 Å². The zero-order valence-electron chi connectivity index (χ0n) is 25.0. The van der Waals surface area contributed by atoms with E-state index in [2.05, 4.69) is 16.0 Å². The van der Waals surface area contributed by atoms with Crippen LogP contribution in [-0.2, 0) is 11.2 Å². The standard InChI is InChI=1S/C31H36FN7O4/c1-19-29(26(10-13-40)36-39(19)23-8-11-37(12-9-23)30(41)43-31(3,4)5)21-14-27-35-18-24(16-33)38(27)28(15-21)42-20(2)25-7-6-22(32)17-34-25/h6-7,14-15,17-18,20,23,40H,8-13H2,1-5H3/t20-/m1/s1. The summed E-state index contributed by atoms with van der Waals surface area (Å²) in [4.78, 5) is 22.9. The summed E-state index contributed by atoms with van der Waals surface area (Å²) in [5.41, 5.74) is 4.05.